The maximum atomic E-state index is 9.31. The van der Waals surface area contributed by atoms with Gasteiger partial charge in [-0.2, -0.15) is 0 Å². The van der Waals surface area contributed by atoms with E-state index in [4.69, 9.17) is 16.8 Å². The zero-order valence-corrected chi connectivity index (χ0v) is 23.6. The Morgan fingerprint density at radius 1 is 0.378 bits per heavy atom. The largest absolute Gasteiger partial charge is 0.456 e. The second-order valence-corrected chi connectivity index (χ2v) is 10.7. The summed E-state index contributed by atoms with van der Waals surface area (Å²) in [5, 5.41) is 0.567. The fraction of sp³-hybridized carbons (Fsp3) is 0. The molecule has 0 N–H and O–H groups in total. The van der Waals surface area contributed by atoms with Crippen molar-refractivity contribution in [1.29, 1.82) is 0 Å². The van der Waals surface area contributed by atoms with Crippen molar-refractivity contribution in [2.24, 2.45) is 0 Å². The van der Waals surface area contributed by atoms with Crippen LogP contribution >= 0.6 is 0 Å². The zero-order valence-electron chi connectivity index (χ0n) is 36.6. The molecule has 1 heteroatoms. The Labute approximate surface area is 279 Å². The van der Waals surface area contributed by atoms with Crippen LogP contribution in [0, 0.1) is 0 Å². The van der Waals surface area contributed by atoms with E-state index in [1.54, 1.807) is 18.2 Å². The molecule has 45 heavy (non-hydrogen) atoms. The molecule has 1 nitrogen and oxygen atoms in total. The van der Waals surface area contributed by atoms with E-state index >= 15 is 0 Å². The van der Waals surface area contributed by atoms with Gasteiger partial charge in [-0.25, -0.2) is 0 Å². The lowest BCUT2D eigenvalue weighted by Gasteiger charge is -2.17. The molecule has 0 spiro atoms. The molecule has 9 rings (SSSR count). The Bertz CT molecular complexity index is 3140. The average Bonchev–Trinajstić information content (AvgIpc) is 3.62. The summed E-state index contributed by atoms with van der Waals surface area (Å²) in [6.45, 7) is 0. The van der Waals surface area contributed by atoms with E-state index in [1.807, 2.05) is 66.7 Å². The minimum Gasteiger partial charge on any atom is -0.456 e. The molecule has 0 fully saturated rings. The lowest BCUT2D eigenvalue weighted by atomic mass is 9.85. The molecule has 0 saturated heterocycles. The van der Waals surface area contributed by atoms with Crippen molar-refractivity contribution in [3.8, 4) is 44.5 Å². The number of hydrogen-bond donors (Lipinski definition) is 0. The van der Waals surface area contributed by atoms with E-state index in [2.05, 4.69) is 6.07 Å². The first-order valence-electron chi connectivity index (χ1n) is 20.9. The lowest BCUT2D eigenvalue weighted by Crippen LogP contribution is -1.90. The van der Waals surface area contributed by atoms with Gasteiger partial charge in [0.2, 0.25) is 0 Å². The summed E-state index contributed by atoms with van der Waals surface area (Å²) in [7, 11) is 0. The molecule has 1 aromatic heterocycles. The van der Waals surface area contributed by atoms with Gasteiger partial charge in [0.1, 0.15) is 11.2 Å². The maximum absolute atomic E-state index is 9.31. The normalized spacial score (nSPS) is 15.6. The van der Waals surface area contributed by atoms with E-state index in [0.717, 1.165) is 27.6 Å². The van der Waals surface area contributed by atoms with Crippen LogP contribution in [0.15, 0.2) is 174 Å². The SMILES string of the molecule is [2H]c1c([2H])c([2H])c(-c2c3c([2H])c([2H])c([2H])c([2H])c3c(-c3ccc4oc5cc(-c6ccccc6)cc(-c6ccccc6)c5c4c3)c3c([2H])c([2H])c([2H])c([2H])c23)c([2H])c1[2H]. The van der Waals surface area contributed by atoms with Crippen LogP contribution in [0.2, 0.25) is 0 Å². The second-order valence-electron chi connectivity index (χ2n) is 10.7. The first kappa shape index (κ1) is 15.7. The van der Waals surface area contributed by atoms with Gasteiger partial charge in [-0.1, -0.05) is 145 Å². The molecular formula is C44H28O. The topological polar surface area (TPSA) is 13.1 Å². The second kappa shape index (κ2) is 10.4. The highest BCUT2D eigenvalue weighted by Gasteiger charge is 2.19. The minimum absolute atomic E-state index is 0.0542. The van der Waals surface area contributed by atoms with E-state index in [1.165, 1.54) is 0 Å². The molecule has 0 amide bonds. The number of furan rings is 1. The third kappa shape index (κ3) is 4.17. The van der Waals surface area contributed by atoms with Crippen molar-refractivity contribution in [3.63, 3.8) is 0 Å². The van der Waals surface area contributed by atoms with Gasteiger partial charge in [-0.3, -0.25) is 0 Å². The fourth-order valence-electron chi connectivity index (χ4n) is 6.24. The quantitative estimate of drug-likeness (QED) is 0.187. The van der Waals surface area contributed by atoms with Crippen LogP contribution in [0.25, 0.3) is 88.0 Å². The van der Waals surface area contributed by atoms with Crippen molar-refractivity contribution in [1.82, 2.24) is 0 Å². The minimum atomic E-state index is -0.718. The standard InChI is InChI=1S/C44H28O/c1-4-14-29(15-5-1)33-27-38(30-16-6-2-7-17-30)44-39-26-32(24-25-40(39)45-41(44)28-33)43-36-22-12-10-20-34(36)42(31-18-8-3-9-19-31)35-21-11-13-23-37(35)43/h1-28H/i3D,8D,9D,10D,11D,12D,13D,18D,19D,20D,21D,22D,23D. The van der Waals surface area contributed by atoms with Crippen molar-refractivity contribution in [3.05, 3.63) is 170 Å². The smallest absolute Gasteiger partial charge is 0.136 e. The Balaban J connectivity index is 1.50. The van der Waals surface area contributed by atoms with Gasteiger partial charge < -0.3 is 4.42 Å². The molecule has 0 aliphatic rings. The van der Waals surface area contributed by atoms with E-state index < -0.39 is 84.1 Å². The summed E-state index contributed by atoms with van der Waals surface area (Å²) < 4.78 is 122. The average molecular weight is 586 g/mol. The van der Waals surface area contributed by atoms with E-state index in [0.29, 0.717) is 22.1 Å². The zero-order chi connectivity index (χ0) is 41.1. The fourth-order valence-corrected chi connectivity index (χ4v) is 6.24. The Morgan fingerprint density at radius 3 is 1.56 bits per heavy atom. The van der Waals surface area contributed by atoms with Crippen molar-refractivity contribution >= 4 is 43.5 Å². The molecule has 1 heterocycles. The third-order valence-electron chi connectivity index (χ3n) is 8.18. The van der Waals surface area contributed by atoms with Crippen molar-refractivity contribution < 1.29 is 22.2 Å². The molecule has 0 aliphatic heterocycles. The number of rotatable bonds is 4. The summed E-state index contributed by atoms with van der Waals surface area (Å²) in [6.07, 6.45) is 0. The molecule has 0 aliphatic carbocycles. The van der Waals surface area contributed by atoms with Gasteiger partial charge >= 0.3 is 0 Å². The Morgan fingerprint density at radius 2 is 0.933 bits per heavy atom. The van der Waals surface area contributed by atoms with E-state index in [-0.39, 0.29) is 32.7 Å². The molecule has 0 unspecified atom stereocenters. The molecular weight excluding hydrogens is 544 g/mol. The molecule has 0 atom stereocenters. The highest BCUT2D eigenvalue weighted by Crippen LogP contribution is 2.46. The van der Waals surface area contributed by atoms with Crippen LogP contribution in [0.5, 0.6) is 0 Å². The van der Waals surface area contributed by atoms with E-state index in [9.17, 15) is 5.48 Å². The number of benzene rings is 8. The molecule has 0 saturated carbocycles. The van der Waals surface area contributed by atoms with Crippen LogP contribution in [0.4, 0.5) is 0 Å². The van der Waals surface area contributed by atoms with Crippen LogP contribution in [-0.4, -0.2) is 0 Å². The van der Waals surface area contributed by atoms with Gasteiger partial charge in [-0.15, -0.1) is 0 Å². The van der Waals surface area contributed by atoms with Gasteiger partial charge in [0.15, 0.2) is 0 Å². The highest BCUT2D eigenvalue weighted by molar-refractivity contribution is 6.22. The van der Waals surface area contributed by atoms with Gasteiger partial charge in [0.05, 0.1) is 17.8 Å². The molecule has 0 radical (unpaired) electrons. The van der Waals surface area contributed by atoms with Crippen LogP contribution in [0.1, 0.15) is 17.8 Å². The summed E-state index contributed by atoms with van der Waals surface area (Å²) in [4.78, 5) is 0. The van der Waals surface area contributed by atoms with Gasteiger partial charge in [-0.05, 0) is 90.3 Å². The summed E-state index contributed by atoms with van der Waals surface area (Å²) in [5.74, 6) is 0. The first-order valence-corrected chi connectivity index (χ1v) is 14.4. The Kier molecular flexibility index (Phi) is 3.62. The predicted octanol–water partition coefficient (Wildman–Crippen LogP) is 12.6. The maximum Gasteiger partial charge on any atom is 0.136 e. The summed E-state index contributed by atoms with van der Waals surface area (Å²) in [6, 6.07) is 20.3. The van der Waals surface area contributed by atoms with Crippen LogP contribution < -0.4 is 0 Å². The highest BCUT2D eigenvalue weighted by atomic mass is 16.3. The van der Waals surface area contributed by atoms with Gasteiger partial charge in [0.25, 0.3) is 0 Å². The van der Waals surface area contributed by atoms with Gasteiger partial charge in [0, 0.05) is 10.8 Å². The number of fused-ring (bicyclic) bond motifs is 5. The predicted molar refractivity (Wildman–Crippen MR) is 190 cm³/mol. The van der Waals surface area contributed by atoms with Crippen molar-refractivity contribution in [2.75, 3.05) is 0 Å². The summed E-state index contributed by atoms with van der Waals surface area (Å²) in [5.41, 5.74) is 4.32. The molecule has 210 valence electrons. The third-order valence-corrected chi connectivity index (χ3v) is 8.18. The molecule has 8 aromatic carbocycles. The Hall–Kier alpha value is -5.92. The van der Waals surface area contributed by atoms with Crippen LogP contribution in [-0.2, 0) is 0 Å². The monoisotopic (exact) mass is 585 g/mol. The molecule has 0 bridgehead atoms. The van der Waals surface area contributed by atoms with Crippen LogP contribution in [0.3, 0.4) is 0 Å². The number of hydrogen-bond acceptors (Lipinski definition) is 1. The summed E-state index contributed by atoms with van der Waals surface area (Å²) >= 11 is 0. The first-order chi connectivity index (χ1) is 27.7. The lowest BCUT2D eigenvalue weighted by molar-refractivity contribution is 0.669. The van der Waals surface area contributed by atoms with Crippen molar-refractivity contribution in [2.45, 2.75) is 0 Å². The molecule has 9 aromatic rings.